The minimum Gasteiger partial charge on any atom is -0.488 e. The van der Waals surface area contributed by atoms with Crippen LogP contribution in [0, 0.1) is 0 Å². The molecule has 0 aromatic heterocycles. The SMILES string of the molecule is CC(C)(C)c1cc(OC(F)(F)F)cc(N(C(=O)O)N(C(=O)O)C(C)(C)C)c1OC1CC1. The van der Waals surface area contributed by atoms with Gasteiger partial charge in [-0.2, -0.15) is 5.01 Å². The summed E-state index contributed by atoms with van der Waals surface area (Å²) in [5.41, 5.74) is -2.14. The summed E-state index contributed by atoms with van der Waals surface area (Å²) in [4.78, 5) is 24.2. The Labute approximate surface area is 178 Å². The smallest absolute Gasteiger partial charge is 0.488 e. The second kappa shape index (κ2) is 8.01. The number of anilines is 1. The van der Waals surface area contributed by atoms with Crippen LogP contribution < -0.4 is 14.5 Å². The van der Waals surface area contributed by atoms with Crippen LogP contribution in [0.3, 0.4) is 0 Å². The van der Waals surface area contributed by atoms with E-state index in [1.807, 2.05) is 0 Å². The number of ether oxygens (including phenoxy) is 2. The Morgan fingerprint density at radius 3 is 1.90 bits per heavy atom. The van der Waals surface area contributed by atoms with Gasteiger partial charge in [-0.1, -0.05) is 20.8 Å². The molecule has 1 aliphatic carbocycles. The van der Waals surface area contributed by atoms with Crippen molar-refractivity contribution in [2.24, 2.45) is 0 Å². The number of alkyl halides is 3. The number of amides is 2. The molecule has 2 amide bonds. The standard InChI is InChI=1S/C20H27F3N2O6/c1-18(2,3)13-9-12(31-20(21,22)23)10-14(15(13)30-11-7-8-11)24(16(26)27)25(17(28)29)19(4,5)6/h9-11H,7-8H2,1-6H3,(H,26,27)(H,28,29). The number of carboxylic acid groups (broad SMARTS) is 2. The van der Waals surface area contributed by atoms with Crippen molar-refractivity contribution in [3.05, 3.63) is 17.7 Å². The molecule has 0 radical (unpaired) electrons. The van der Waals surface area contributed by atoms with Crippen molar-refractivity contribution in [2.75, 3.05) is 5.01 Å². The summed E-state index contributed by atoms with van der Waals surface area (Å²) in [5, 5.41) is 20.5. The van der Waals surface area contributed by atoms with Crippen molar-refractivity contribution < 1.29 is 42.4 Å². The summed E-state index contributed by atoms with van der Waals surface area (Å²) in [6.45, 7) is 9.52. The van der Waals surface area contributed by atoms with E-state index in [0.29, 0.717) is 22.9 Å². The number of carbonyl (C=O) groups is 2. The van der Waals surface area contributed by atoms with Gasteiger partial charge in [0.25, 0.3) is 0 Å². The zero-order valence-electron chi connectivity index (χ0n) is 18.2. The summed E-state index contributed by atoms with van der Waals surface area (Å²) in [6, 6.07) is 1.97. The Balaban J connectivity index is 2.85. The third-order valence-corrected chi connectivity index (χ3v) is 4.32. The maximum absolute atomic E-state index is 13.0. The highest BCUT2D eigenvalue weighted by molar-refractivity contribution is 5.92. The average molecular weight is 448 g/mol. The van der Waals surface area contributed by atoms with Gasteiger partial charge in [-0.15, -0.1) is 13.2 Å². The maximum Gasteiger partial charge on any atom is 0.573 e. The van der Waals surface area contributed by atoms with Gasteiger partial charge < -0.3 is 19.7 Å². The predicted molar refractivity (Wildman–Crippen MR) is 106 cm³/mol. The van der Waals surface area contributed by atoms with Crippen molar-refractivity contribution in [1.29, 1.82) is 0 Å². The molecule has 174 valence electrons. The number of hydrazine groups is 1. The van der Waals surface area contributed by atoms with E-state index >= 15 is 0 Å². The van der Waals surface area contributed by atoms with E-state index < -0.39 is 35.3 Å². The lowest BCUT2D eigenvalue weighted by Gasteiger charge is -2.40. The number of rotatable bonds is 4. The van der Waals surface area contributed by atoms with Crippen LogP contribution in [0.5, 0.6) is 11.5 Å². The average Bonchev–Trinajstić information content (AvgIpc) is 3.33. The van der Waals surface area contributed by atoms with Gasteiger partial charge in [-0.05, 0) is 45.1 Å². The number of nitrogens with zero attached hydrogens (tertiary/aromatic N) is 2. The first-order valence-corrected chi connectivity index (χ1v) is 9.59. The minimum atomic E-state index is -5.03. The fraction of sp³-hybridized carbons (Fsp3) is 0.600. The minimum absolute atomic E-state index is 0.00224. The van der Waals surface area contributed by atoms with E-state index in [-0.39, 0.29) is 23.1 Å². The van der Waals surface area contributed by atoms with Gasteiger partial charge in [-0.3, -0.25) is 0 Å². The van der Waals surface area contributed by atoms with Gasteiger partial charge in [0.1, 0.15) is 17.2 Å². The molecule has 0 heterocycles. The molecule has 1 fully saturated rings. The first kappa shape index (κ1) is 24.4. The van der Waals surface area contributed by atoms with Gasteiger partial charge in [0.2, 0.25) is 0 Å². The maximum atomic E-state index is 13.0. The van der Waals surface area contributed by atoms with Crippen molar-refractivity contribution >= 4 is 17.9 Å². The van der Waals surface area contributed by atoms with Crippen LogP contribution in [0.15, 0.2) is 12.1 Å². The molecule has 0 unspecified atom stereocenters. The third-order valence-electron chi connectivity index (χ3n) is 4.32. The molecule has 1 aromatic carbocycles. The van der Waals surface area contributed by atoms with Crippen LogP contribution in [-0.2, 0) is 5.41 Å². The molecule has 8 nitrogen and oxygen atoms in total. The Morgan fingerprint density at radius 2 is 1.55 bits per heavy atom. The van der Waals surface area contributed by atoms with Crippen LogP contribution in [-0.4, -0.2) is 45.4 Å². The number of hydrogen-bond acceptors (Lipinski definition) is 4. The second-order valence-electron chi connectivity index (χ2n) is 9.29. The molecule has 0 bridgehead atoms. The zero-order valence-corrected chi connectivity index (χ0v) is 18.2. The molecule has 0 atom stereocenters. The Hall–Kier alpha value is -2.85. The van der Waals surface area contributed by atoms with Crippen LogP contribution >= 0.6 is 0 Å². The van der Waals surface area contributed by atoms with E-state index in [0.717, 1.165) is 12.1 Å². The van der Waals surface area contributed by atoms with Gasteiger partial charge in [0.05, 0.1) is 11.6 Å². The summed E-state index contributed by atoms with van der Waals surface area (Å²) in [6.07, 6.45) is -7.19. The van der Waals surface area contributed by atoms with Crippen molar-refractivity contribution in [3.63, 3.8) is 0 Å². The number of halogens is 3. The first-order chi connectivity index (χ1) is 13.9. The number of benzene rings is 1. The zero-order chi connectivity index (χ0) is 23.9. The normalized spacial score (nSPS) is 14.7. The van der Waals surface area contributed by atoms with E-state index in [9.17, 15) is 33.0 Å². The summed E-state index contributed by atoms with van der Waals surface area (Å²) >= 11 is 0. The Bertz CT molecular complexity index is 854. The molecule has 1 saturated carbocycles. The lowest BCUT2D eigenvalue weighted by Crippen LogP contribution is -2.58. The summed E-state index contributed by atoms with van der Waals surface area (Å²) in [5.74, 6) is -0.677. The fourth-order valence-electron chi connectivity index (χ4n) is 2.94. The van der Waals surface area contributed by atoms with Crippen LogP contribution in [0.25, 0.3) is 0 Å². The van der Waals surface area contributed by atoms with Gasteiger partial charge in [0.15, 0.2) is 0 Å². The van der Waals surface area contributed by atoms with Gasteiger partial charge in [0, 0.05) is 11.6 Å². The monoisotopic (exact) mass is 448 g/mol. The lowest BCUT2D eigenvalue weighted by molar-refractivity contribution is -0.274. The molecule has 0 aliphatic heterocycles. The number of hydrogen-bond donors (Lipinski definition) is 2. The predicted octanol–water partition coefficient (Wildman–Crippen LogP) is 5.60. The molecule has 0 spiro atoms. The van der Waals surface area contributed by atoms with Gasteiger partial charge >= 0.3 is 18.5 Å². The molecular weight excluding hydrogens is 421 g/mol. The molecular formula is C20H27F3N2O6. The summed E-state index contributed by atoms with van der Waals surface area (Å²) < 4.78 is 48.9. The molecule has 1 aromatic rings. The molecule has 11 heteroatoms. The van der Waals surface area contributed by atoms with E-state index in [2.05, 4.69) is 4.74 Å². The molecule has 0 saturated heterocycles. The van der Waals surface area contributed by atoms with Gasteiger partial charge in [-0.25, -0.2) is 14.6 Å². The first-order valence-electron chi connectivity index (χ1n) is 9.59. The lowest BCUT2D eigenvalue weighted by atomic mass is 9.85. The highest BCUT2D eigenvalue weighted by Gasteiger charge is 2.41. The third kappa shape index (κ3) is 6.08. The Kier molecular flexibility index (Phi) is 6.31. The molecule has 1 aliphatic rings. The highest BCUT2D eigenvalue weighted by atomic mass is 19.4. The fourth-order valence-corrected chi connectivity index (χ4v) is 2.94. The Morgan fingerprint density at radius 1 is 1.00 bits per heavy atom. The van der Waals surface area contributed by atoms with E-state index in [1.54, 1.807) is 20.8 Å². The molecule has 2 N–H and O–H groups in total. The van der Waals surface area contributed by atoms with E-state index in [4.69, 9.17) is 4.74 Å². The summed E-state index contributed by atoms with van der Waals surface area (Å²) in [7, 11) is 0. The highest BCUT2D eigenvalue weighted by Crippen LogP contribution is 2.46. The van der Waals surface area contributed by atoms with Crippen LogP contribution in [0.4, 0.5) is 28.4 Å². The van der Waals surface area contributed by atoms with Crippen LogP contribution in [0.2, 0.25) is 0 Å². The topological polar surface area (TPSA) is 99.5 Å². The van der Waals surface area contributed by atoms with Crippen molar-refractivity contribution in [1.82, 2.24) is 5.01 Å². The molecule has 2 rings (SSSR count). The second-order valence-corrected chi connectivity index (χ2v) is 9.29. The van der Waals surface area contributed by atoms with E-state index in [1.165, 1.54) is 20.8 Å². The van der Waals surface area contributed by atoms with Crippen molar-refractivity contribution in [3.8, 4) is 11.5 Å². The largest absolute Gasteiger partial charge is 0.573 e. The van der Waals surface area contributed by atoms with Crippen LogP contribution in [0.1, 0.15) is 59.9 Å². The molecule has 31 heavy (non-hydrogen) atoms. The van der Waals surface area contributed by atoms with Crippen molar-refractivity contribution in [2.45, 2.75) is 77.8 Å². The quantitative estimate of drug-likeness (QED) is 0.582.